The number of ketones is 1. The zero-order valence-electron chi connectivity index (χ0n) is 16.7. The summed E-state index contributed by atoms with van der Waals surface area (Å²) in [5.74, 6) is -2.14. The minimum Gasteiger partial charge on any atom is -0.507 e. The maximum absolute atomic E-state index is 13.0. The van der Waals surface area contributed by atoms with Crippen molar-refractivity contribution in [2.24, 2.45) is 0 Å². The molecule has 1 heterocycles. The molecule has 0 aliphatic carbocycles. The van der Waals surface area contributed by atoms with Crippen LogP contribution in [0.3, 0.4) is 0 Å². The van der Waals surface area contributed by atoms with Gasteiger partial charge in [0.1, 0.15) is 17.8 Å². The molecule has 3 rings (SSSR count). The molecule has 0 bridgehead atoms. The fourth-order valence-corrected chi connectivity index (χ4v) is 3.44. The molecule has 1 aliphatic heterocycles. The largest absolute Gasteiger partial charge is 0.507 e. The number of carbonyl (C=O) groups is 2. The Morgan fingerprint density at radius 3 is 2.46 bits per heavy atom. The summed E-state index contributed by atoms with van der Waals surface area (Å²) in [6.07, 6.45) is -0.171. The predicted octanol–water partition coefficient (Wildman–Crippen LogP) is 3.77. The minimum atomic E-state index is -0.879. The average Bonchev–Trinajstić information content (AvgIpc) is 2.99. The Balaban J connectivity index is 2.00. The number of ether oxygens (including phenoxy) is 3. The van der Waals surface area contributed by atoms with Crippen molar-refractivity contribution < 1.29 is 28.9 Å². The molecule has 28 heavy (non-hydrogen) atoms. The molecule has 1 N–H and O–H groups in total. The summed E-state index contributed by atoms with van der Waals surface area (Å²) >= 11 is 0. The van der Waals surface area contributed by atoms with Gasteiger partial charge in [-0.2, -0.15) is 0 Å². The fraction of sp³-hybridized carbons (Fsp3) is 0.455. The Morgan fingerprint density at radius 2 is 1.82 bits per heavy atom. The van der Waals surface area contributed by atoms with E-state index in [4.69, 9.17) is 14.2 Å². The monoisotopic (exact) mass is 386 g/mol. The summed E-state index contributed by atoms with van der Waals surface area (Å²) in [6, 6.07) is 9.09. The van der Waals surface area contributed by atoms with Crippen LogP contribution in [0.1, 0.15) is 50.0 Å². The normalized spacial score (nSPS) is 16.3. The van der Waals surface area contributed by atoms with Crippen LogP contribution < -0.4 is 0 Å². The van der Waals surface area contributed by atoms with Crippen LogP contribution in [-0.4, -0.2) is 41.5 Å². The SMILES string of the molecule is CC(C)(C)OC(=O)CC(=O)c1c(CC2(C)OCCO2)cc2ccccc2c1O. The molecule has 0 saturated carbocycles. The second-order valence-electron chi connectivity index (χ2n) is 8.17. The summed E-state index contributed by atoms with van der Waals surface area (Å²) in [4.78, 5) is 25.1. The van der Waals surface area contributed by atoms with Crippen LogP contribution in [0.25, 0.3) is 10.8 Å². The number of phenolic OH excluding ortho intramolecular Hbond substituents is 1. The molecule has 0 amide bonds. The lowest BCUT2D eigenvalue weighted by atomic mass is 9.91. The number of hydrogen-bond donors (Lipinski definition) is 1. The third-order valence-electron chi connectivity index (χ3n) is 4.52. The maximum atomic E-state index is 13.0. The van der Waals surface area contributed by atoms with E-state index in [0.29, 0.717) is 24.2 Å². The number of esters is 1. The van der Waals surface area contributed by atoms with Gasteiger partial charge in [0.15, 0.2) is 11.6 Å². The first-order valence-corrected chi connectivity index (χ1v) is 9.34. The van der Waals surface area contributed by atoms with E-state index >= 15 is 0 Å². The van der Waals surface area contributed by atoms with Gasteiger partial charge in [0.2, 0.25) is 0 Å². The molecule has 0 unspecified atom stereocenters. The van der Waals surface area contributed by atoms with Crippen LogP contribution in [0.4, 0.5) is 0 Å². The van der Waals surface area contributed by atoms with Crippen LogP contribution in [0, 0.1) is 0 Å². The molecule has 0 aromatic heterocycles. The van der Waals surface area contributed by atoms with Crippen molar-refractivity contribution in [1.29, 1.82) is 0 Å². The highest BCUT2D eigenvalue weighted by Crippen LogP contribution is 2.36. The second-order valence-corrected chi connectivity index (χ2v) is 8.17. The number of rotatable bonds is 5. The molecule has 150 valence electrons. The maximum Gasteiger partial charge on any atom is 0.314 e. The number of fused-ring (bicyclic) bond motifs is 1. The third kappa shape index (κ3) is 4.51. The van der Waals surface area contributed by atoms with Gasteiger partial charge >= 0.3 is 5.97 Å². The Kier molecular flexibility index (Phi) is 5.46. The number of benzene rings is 2. The van der Waals surface area contributed by atoms with Gasteiger partial charge in [0.05, 0.1) is 18.8 Å². The van der Waals surface area contributed by atoms with E-state index in [9.17, 15) is 14.7 Å². The quantitative estimate of drug-likeness (QED) is 0.479. The second kappa shape index (κ2) is 7.53. The molecule has 6 heteroatoms. The molecule has 1 saturated heterocycles. The van der Waals surface area contributed by atoms with Crippen molar-refractivity contribution in [2.45, 2.75) is 51.9 Å². The standard InChI is InChI=1S/C22H26O6/c1-21(2,3)28-18(24)12-17(23)19-15(13-22(4)26-9-10-27-22)11-14-7-5-6-8-16(14)20(19)25/h5-8,11,25H,9-10,12-13H2,1-4H3. The van der Waals surface area contributed by atoms with E-state index in [0.717, 1.165) is 5.39 Å². The molecule has 2 aromatic carbocycles. The van der Waals surface area contributed by atoms with Crippen LogP contribution in [0.2, 0.25) is 0 Å². The number of aromatic hydroxyl groups is 1. The summed E-state index contributed by atoms with van der Waals surface area (Å²) in [5.41, 5.74) is 0.00370. The van der Waals surface area contributed by atoms with Gasteiger partial charge < -0.3 is 19.3 Å². The average molecular weight is 386 g/mol. The van der Waals surface area contributed by atoms with Crippen LogP contribution in [0.15, 0.2) is 30.3 Å². The highest BCUT2D eigenvalue weighted by Gasteiger charge is 2.34. The van der Waals surface area contributed by atoms with Crippen molar-refractivity contribution in [3.63, 3.8) is 0 Å². The molecule has 6 nitrogen and oxygen atoms in total. The first-order chi connectivity index (χ1) is 13.1. The van der Waals surface area contributed by atoms with Crippen molar-refractivity contribution in [1.82, 2.24) is 0 Å². The summed E-state index contributed by atoms with van der Waals surface area (Å²) in [6.45, 7) is 7.96. The fourth-order valence-electron chi connectivity index (χ4n) is 3.44. The summed E-state index contributed by atoms with van der Waals surface area (Å²) < 4.78 is 16.6. The van der Waals surface area contributed by atoms with E-state index in [-0.39, 0.29) is 17.7 Å². The molecular formula is C22H26O6. The molecule has 2 aromatic rings. The van der Waals surface area contributed by atoms with Crippen molar-refractivity contribution in [3.8, 4) is 5.75 Å². The predicted molar refractivity (Wildman–Crippen MR) is 104 cm³/mol. The van der Waals surface area contributed by atoms with Gasteiger partial charge in [-0.1, -0.05) is 24.3 Å². The Hall–Kier alpha value is -2.44. The zero-order valence-corrected chi connectivity index (χ0v) is 16.7. The molecule has 0 radical (unpaired) electrons. The Bertz CT molecular complexity index is 903. The summed E-state index contributed by atoms with van der Waals surface area (Å²) in [7, 11) is 0. The van der Waals surface area contributed by atoms with Gasteiger partial charge in [-0.25, -0.2) is 0 Å². The lowest BCUT2D eigenvalue weighted by molar-refractivity contribution is -0.153. The van der Waals surface area contributed by atoms with E-state index in [1.807, 2.05) is 18.2 Å². The van der Waals surface area contributed by atoms with Gasteiger partial charge in [0, 0.05) is 11.8 Å². The topological polar surface area (TPSA) is 82.1 Å². The molecule has 1 aliphatic rings. The van der Waals surface area contributed by atoms with Crippen molar-refractivity contribution in [3.05, 3.63) is 41.5 Å². The lowest BCUT2D eigenvalue weighted by Gasteiger charge is -2.24. The van der Waals surface area contributed by atoms with Gasteiger partial charge in [-0.3, -0.25) is 9.59 Å². The number of Topliss-reactive ketones (excluding diaryl/α,β-unsaturated/α-hetero) is 1. The van der Waals surface area contributed by atoms with Gasteiger partial charge in [0.25, 0.3) is 0 Å². The van der Waals surface area contributed by atoms with E-state index in [1.54, 1.807) is 39.8 Å². The Morgan fingerprint density at radius 1 is 1.18 bits per heavy atom. The van der Waals surface area contributed by atoms with E-state index < -0.39 is 29.6 Å². The van der Waals surface area contributed by atoms with Crippen LogP contribution in [-0.2, 0) is 25.4 Å². The minimum absolute atomic E-state index is 0.116. The lowest BCUT2D eigenvalue weighted by Crippen LogP contribution is -2.30. The van der Waals surface area contributed by atoms with Gasteiger partial charge in [-0.05, 0) is 44.7 Å². The van der Waals surface area contributed by atoms with E-state index in [1.165, 1.54) is 0 Å². The van der Waals surface area contributed by atoms with Crippen LogP contribution >= 0.6 is 0 Å². The third-order valence-corrected chi connectivity index (χ3v) is 4.52. The first-order valence-electron chi connectivity index (χ1n) is 9.34. The molecular weight excluding hydrogens is 360 g/mol. The number of phenols is 1. The smallest absolute Gasteiger partial charge is 0.314 e. The summed E-state index contributed by atoms with van der Waals surface area (Å²) in [5, 5.41) is 12.2. The highest BCUT2D eigenvalue weighted by molar-refractivity contribution is 6.11. The number of carbonyl (C=O) groups excluding carboxylic acids is 2. The van der Waals surface area contributed by atoms with Crippen LogP contribution in [0.5, 0.6) is 5.75 Å². The van der Waals surface area contributed by atoms with E-state index in [2.05, 4.69) is 0 Å². The van der Waals surface area contributed by atoms with Crippen molar-refractivity contribution in [2.75, 3.05) is 13.2 Å². The number of hydrogen-bond acceptors (Lipinski definition) is 6. The highest BCUT2D eigenvalue weighted by atomic mass is 16.7. The molecule has 0 atom stereocenters. The zero-order chi connectivity index (χ0) is 20.5. The Labute approximate surface area is 164 Å². The molecule has 1 fully saturated rings. The van der Waals surface area contributed by atoms with Crippen molar-refractivity contribution >= 4 is 22.5 Å². The first kappa shape index (κ1) is 20.3. The molecule has 0 spiro atoms. The van der Waals surface area contributed by atoms with Gasteiger partial charge in [-0.15, -0.1) is 0 Å².